The summed E-state index contributed by atoms with van der Waals surface area (Å²) in [5.41, 5.74) is 7.43. The SMILES string of the molecule is CSCC[C@@H](N)C(=O)Nc1ccc(C)cc1Cl. The zero-order valence-electron chi connectivity index (χ0n) is 10.00. The van der Waals surface area contributed by atoms with E-state index in [1.807, 2.05) is 25.3 Å². The fourth-order valence-corrected chi connectivity index (χ4v) is 2.09. The molecule has 0 aromatic heterocycles. The highest BCUT2D eigenvalue weighted by molar-refractivity contribution is 7.98. The average molecular weight is 273 g/mol. The Bertz CT molecular complexity index is 398. The molecule has 0 bridgehead atoms. The number of hydrogen-bond donors (Lipinski definition) is 2. The molecule has 0 radical (unpaired) electrons. The van der Waals surface area contributed by atoms with Crippen LogP contribution >= 0.6 is 23.4 Å². The molecule has 0 fully saturated rings. The van der Waals surface area contributed by atoms with Crippen LogP contribution in [0.15, 0.2) is 18.2 Å². The van der Waals surface area contributed by atoms with Crippen LogP contribution in [0.4, 0.5) is 5.69 Å². The molecule has 0 saturated heterocycles. The van der Waals surface area contributed by atoms with Crippen LogP contribution in [0.2, 0.25) is 5.02 Å². The van der Waals surface area contributed by atoms with Gasteiger partial charge in [-0.2, -0.15) is 11.8 Å². The van der Waals surface area contributed by atoms with Crippen LogP contribution in [-0.4, -0.2) is 24.0 Å². The summed E-state index contributed by atoms with van der Waals surface area (Å²) in [5, 5.41) is 3.28. The number of nitrogens with one attached hydrogen (secondary N) is 1. The predicted octanol–water partition coefficient (Wildman–Crippen LogP) is 2.67. The van der Waals surface area contributed by atoms with Gasteiger partial charge in [-0.15, -0.1) is 0 Å². The predicted molar refractivity (Wildman–Crippen MR) is 75.8 cm³/mol. The maximum Gasteiger partial charge on any atom is 0.241 e. The van der Waals surface area contributed by atoms with Crippen molar-refractivity contribution in [3.8, 4) is 0 Å². The van der Waals surface area contributed by atoms with Crippen LogP contribution in [0.5, 0.6) is 0 Å². The molecule has 0 saturated carbocycles. The van der Waals surface area contributed by atoms with Crippen LogP contribution in [0.25, 0.3) is 0 Å². The summed E-state index contributed by atoms with van der Waals surface area (Å²) in [5.74, 6) is 0.681. The van der Waals surface area contributed by atoms with Gasteiger partial charge >= 0.3 is 0 Å². The molecule has 1 amide bonds. The zero-order chi connectivity index (χ0) is 12.8. The number of thioether (sulfide) groups is 1. The lowest BCUT2D eigenvalue weighted by Gasteiger charge is -2.12. The molecule has 94 valence electrons. The highest BCUT2D eigenvalue weighted by atomic mass is 35.5. The van der Waals surface area contributed by atoms with Crippen molar-refractivity contribution in [2.75, 3.05) is 17.3 Å². The monoisotopic (exact) mass is 272 g/mol. The van der Waals surface area contributed by atoms with Crippen molar-refractivity contribution in [2.24, 2.45) is 5.73 Å². The fraction of sp³-hybridized carbons (Fsp3) is 0.417. The Morgan fingerprint density at radius 3 is 2.88 bits per heavy atom. The molecule has 5 heteroatoms. The number of nitrogens with two attached hydrogens (primary N) is 1. The first-order valence-electron chi connectivity index (χ1n) is 5.36. The Morgan fingerprint density at radius 2 is 2.29 bits per heavy atom. The summed E-state index contributed by atoms with van der Waals surface area (Å²) in [7, 11) is 0. The van der Waals surface area contributed by atoms with Gasteiger partial charge in [-0.3, -0.25) is 4.79 Å². The van der Waals surface area contributed by atoms with Gasteiger partial charge in [0.1, 0.15) is 0 Å². The van der Waals surface area contributed by atoms with Crippen LogP contribution in [0, 0.1) is 6.92 Å². The molecule has 3 nitrogen and oxygen atoms in total. The molecule has 0 aliphatic heterocycles. The minimum Gasteiger partial charge on any atom is -0.323 e. The fourth-order valence-electron chi connectivity index (χ4n) is 1.32. The van der Waals surface area contributed by atoms with Crippen molar-refractivity contribution in [3.63, 3.8) is 0 Å². The molecule has 1 rings (SSSR count). The van der Waals surface area contributed by atoms with E-state index in [1.165, 1.54) is 0 Å². The van der Waals surface area contributed by atoms with Crippen molar-refractivity contribution in [3.05, 3.63) is 28.8 Å². The lowest BCUT2D eigenvalue weighted by atomic mass is 10.2. The average Bonchev–Trinajstić information content (AvgIpc) is 2.29. The highest BCUT2D eigenvalue weighted by Crippen LogP contribution is 2.22. The number of amides is 1. The number of rotatable bonds is 5. The van der Waals surface area contributed by atoms with E-state index in [-0.39, 0.29) is 5.91 Å². The van der Waals surface area contributed by atoms with E-state index in [2.05, 4.69) is 5.32 Å². The summed E-state index contributed by atoms with van der Waals surface area (Å²) >= 11 is 7.70. The topological polar surface area (TPSA) is 55.1 Å². The maximum atomic E-state index is 11.8. The molecule has 1 atom stereocenters. The van der Waals surface area contributed by atoms with E-state index in [9.17, 15) is 4.79 Å². The molecular formula is C12H17ClN2OS. The third kappa shape index (κ3) is 4.58. The van der Waals surface area contributed by atoms with Gasteiger partial charge in [0.2, 0.25) is 5.91 Å². The van der Waals surface area contributed by atoms with E-state index in [1.54, 1.807) is 17.8 Å². The van der Waals surface area contributed by atoms with Crippen molar-refractivity contribution in [1.29, 1.82) is 0 Å². The van der Waals surface area contributed by atoms with E-state index < -0.39 is 6.04 Å². The van der Waals surface area contributed by atoms with Crippen LogP contribution in [-0.2, 0) is 4.79 Å². The summed E-state index contributed by atoms with van der Waals surface area (Å²) in [6.45, 7) is 1.95. The van der Waals surface area contributed by atoms with E-state index in [0.717, 1.165) is 11.3 Å². The number of carbonyl (C=O) groups excluding carboxylic acids is 1. The molecule has 0 heterocycles. The number of anilines is 1. The summed E-state index contributed by atoms with van der Waals surface area (Å²) in [4.78, 5) is 11.8. The Kier molecular flexibility index (Phi) is 5.82. The first-order chi connectivity index (χ1) is 8.04. The number of carbonyl (C=O) groups is 1. The van der Waals surface area contributed by atoms with Crippen LogP contribution < -0.4 is 11.1 Å². The standard InChI is InChI=1S/C12H17ClN2OS/c1-8-3-4-11(9(13)7-8)15-12(16)10(14)5-6-17-2/h3-4,7,10H,5-6,14H2,1-2H3,(H,15,16)/t10-/m1/s1. The van der Waals surface area contributed by atoms with Crippen molar-refractivity contribution in [2.45, 2.75) is 19.4 Å². The van der Waals surface area contributed by atoms with Gasteiger partial charge in [-0.1, -0.05) is 17.7 Å². The molecule has 17 heavy (non-hydrogen) atoms. The molecule has 0 spiro atoms. The van der Waals surface area contributed by atoms with Crippen molar-refractivity contribution < 1.29 is 4.79 Å². The van der Waals surface area contributed by atoms with E-state index >= 15 is 0 Å². The zero-order valence-corrected chi connectivity index (χ0v) is 11.6. The quantitative estimate of drug-likeness (QED) is 0.866. The third-order valence-electron chi connectivity index (χ3n) is 2.35. The lowest BCUT2D eigenvalue weighted by Crippen LogP contribution is -2.36. The molecule has 0 aliphatic carbocycles. The molecule has 1 aromatic carbocycles. The number of hydrogen-bond acceptors (Lipinski definition) is 3. The number of benzene rings is 1. The minimum absolute atomic E-state index is 0.190. The molecule has 0 unspecified atom stereocenters. The van der Waals surface area contributed by atoms with Gasteiger partial charge in [-0.05, 0) is 43.0 Å². The first-order valence-corrected chi connectivity index (χ1v) is 7.13. The van der Waals surface area contributed by atoms with E-state index in [4.69, 9.17) is 17.3 Å². The Labute approximate surface area is 111 Å². The van der Waals surface area contributed by atoms with Gasteiger partial charge in [0.25, 0.3) is 0 Å². The minimum atomic E-state index is -0.486. The second kappa shape index (κ2) is 6.89. The Balaban J connectivity index is 2.61. The van der Waals surface area contributed by atoms with Crippen LogP contribution in [0.3, 0.4) is 0 Å². The summed E-state index contributed by atoms with van der Waals surface area (Å²) < 4.78 is 0. The molecule has 1 aromatic rings. The Hall–Kier alpha value is -0.710. The Morgan fingerprint density at radius 1 is 1.59 bits per heavy atom. The summed E-state index contributed by atoms with van der Waals surface area (Å²) in [6.07, 6.45) is 2.65. The smallest absolute Gasteiger partial charge is 0.241 e. The lowest BCUT2D eigenvalue weighted by molar-refractivity contribution is -0.117. The van der Waals surface area contributed by atoms with Crippen molar-refractivity contribution in [1.82, 2.24) is 0 Å². The van der Waals surface area contributed by atoms with Gasteiger partial charge in [0, 0.05) is 0 Å². The second-order valence-corrected chi connectivity index (χ2v) is 5.25. The van der Waals surface area contributed by atoms with E-state index in [0.29, 0.717) is 17.1 Å². The number of aryl methyl sites for hydroxylation is 1. The second-order valence-electron chi connectivity index (χ2n) is 3.86. The van der Waals surface area contributed by atoms with Gasteiger partial charge in [0.15, 0.2) is 0 Å². The molecular weight excluding hydrogens is 256 g/mol. The molecule has 0 aliphatic rings. The van der Waals surface area contributed by atoms with Gasteiger partial charge in [0.05, 0.1) is 16.8 Å². The van der Waals surface area contributed by atoms with Crippen LogP contribution in [0.1, 0.15) is 12.0 Å². The largest absolute Gasteiger partial charge is 0.323 e. The maximum absolute atomic E-state index is 11.8. The molecule has 3 N–H and O–H groups in total. The highest BCUT2D eigenvalue weighted by Gasteiger charge is 2.14. The van der Waals surface area contributed by atoms with Gasteiger partial charge in [-0.25, -0.2) is 0 Å². The third-order valence-corrected chi connectivity index (χ3v) is 3.31. The summed E-state index contributed by atoms with van der Waals surface area (Å²) in [6, 6.07) is 5.01. The number of halogens is 1. The normalized spacial score (nSPS) is 12.2. The van der Waals surface area contributed by atoms with Gasteiger partial charge < -0.3 is 11.1 Å². The first kappa shape index (κ1) is 14.4. The van der Waals surface area contributed by atoms with Crippen molar-refractivity contribution >= 4 is 35.0 Å².